The first-order valence-electron chi connectivity index (χ1n) is 6.95. The number of carbonyl (C=O) groups excluding carboxylic acids is 1. The molecule has 0 bridgehead atoms. The molecule has 1 heterocycles. The Balaban J connectivity index is 1.85. The van der Waals surface area contributed by atoms with E-state index in [0.717, 1.165) is 5.39 Å². The van der Waals surface area contributed by atoms with Gasteiger partial charge in [-0.1, -0.05) is 24.3 Å². The summed E-state index contributed by atoms with van der Waals surface area (Å²) in [4.78, 5) is 16.4. The van der Waals surface area contributed by atoms with Crippen LogP contribution in [-0.4, -0.2) is 16.0 Å². The number of hydrogen-bond acceptors (Lipinski definition) is 3. The van der Waals surface area contributed by atoms with Crippen molar-refractivity contribution < 1.29 is 14.3 Å². The molecule has 2 N–H and O–H groups in total. The lowest BCUT2D eigenvalue weighted by molar-refractivity contribution is 0.0948. The molecule has 0 saturated carbocycles. The third-order valence-corrected chi connectivity index (χ3v) is 4.11. The van der Waals surface area contributed by atoms with Crippen LogP contribution >= 0.6 is 9.24 Å². The fourth-order valence-corrected chi connectivity index (χ4v) is 2.69. The number of aromatic hydroxyl groups is 1. The van der Waals surface area contributed by atoms with Gasteiger partial charge in [0, 0.05) is 23.7 Å². The van der Waals surface area contributed by atoms with Crippen LogP contribution in [-0.2, 0) is 6.54 Å². The first-order valence-corrected chi connectivity index (χ1v) is 7.53. The number of hydrogen-bond donors (Lipinski definition) is 2. The normalized spacial score (nSPS) is 10.7. The van der Waals surface area contributed by atoms with Gasteiger partial charge in [0.25, 0.3) is 5.91 Å². The van der Waals surface area contributed by atoms with Gasteiger partial charge in [0.2, 0.25) is 0 Å². The quantitative estimate of drug-likeness (QED) is 0.726. The number of amides is 1. The summed E-state index contributed by atoms with van der Waals surface area (Å²) in [5.41, 5.74) is 0.861. The van der Waals surface area contributed by atoms with Gasteiger partial charge in [-0.3, -0.25) is 9.78 Å². The Morgan fingerprint density at radius 2 is 2.04 bits per heavy atom. The SMILES string of the molecule is O=C(NCc1c(F)cccc1P)c1ccc2cccnc2c1O. The third-order valence-electron chi connectivity index (χ3n) is 3.57. The summed E-state index contributed by atoms with van der Waals surface area (Å²) in [5.74, 6) is -1.05. The molecule has 1 unspecified atom stereocenters. The minimum atomic E-state index is -0.484. The smallest absolute Gasteiger partial charge is 0.255 e. The van der Waals surface area contributed by atoms with E-state index in [2.05, 4.69) is 19.5 Å². The molecule has 0 aliphatic heterocycles. The Morgan fingerprint density at radius 3 is 2.83 bits per heavy atom. The van der Waals surface area contributed by atoms with Crippen molar-refractivity contribution in [3.63, 3.8) is 0 Å². The number of nitrogens with one attached hydrogen (secondary N) is 1. The van der Waals surface area contributed by atoms with Crippen LogP contribution < -0.4 is 10.6 Å². The number of carbonyl (C=O) groups is 1. The summed E-state index contributed by atoms with van der Waals surface area (Å²) >= 11 is 0. The van der Waals surface area contributed by atoms with E-state index < -0.39 is 5.91 Å². The second-order valence-corrected chi connectivity index (χ2v) is 5.65. The van der Waals surface area contributed by atoms with Gasteiger partial charge in [-0.15, -0.1) is 9.24 Å². The van der Waals surface area contributed by atoms with Crippen molar-refractivity contribution in [1.82, 2.24) is 10.3 Å². The van der Waals surface area contributed by atoms with Crippen LogP contribution in [0.1, 0.15) is 15.9 Å². The average molecular weight is 328 g/mol. The first kappa shape index (κ1) is 15.4. The maximum absolute atomic E-state index is 13.8. The van der Waals surface area contributed by atoms with Crippen molar-refractivity contribution in [2.45, 2.75) is 6.54 Å². The highest BCUT2D eigenvalue weighted by Gasteiger charge is 2.15. The molecule has 116 valence electrons. The molecule has 0 saturated heterocycles. The van der Waals surface area contributed by atoms with Gasteiger partial charge in [-0.05, 0) is 23.5 Å². The van der Waals surface area contributed by atoms with Crippen molar-refractivity contribution in [2.24, 2.45) is 0 Å². The molecule has 0 spiro atoms. The van der Waals surface area contributed by atoms with Crippen LogP contribution in [0.4, 0.5) is 4.39 Å². The van der Waals surface area contributed by atoms with Gasteiger partial charge < -0.3 is 10.4 Å². The van der Waals surface area contributed by atoms with E-state index in [1.807, 2.05) is 0 Å². The lowest BCUT2D eigenvalue weighted by Crippen LogP contribution is -2.25. The minimum Gasteiger partial charge on any atom is -0.505 e. The van der Waals surface area contributed by atoms with E-state index in [9.17, 15) is 14.3 Å². The largest absolute Gasteiger partial charge is 0.505 e. The van der Waals surface area contributed by atoms with E-state index in [4.69, 9.17) is 0 Å². The standard InChI is InChI=1S/C17H14FN2O2P/c18-13-4-1-5-14(23)12(13)9-20-17(22)11-7-6-10-3-2-8-19-15(10)16(11)21/h1-8,21H,9,23H2,(H,20,22). The summed E-state index contributed by atoms with van der Waals surface area (Å²) in [6.07, 6.45) is 1.55. The number of nitrogens with zero attached hydrogens (tertiary/aromatic N) is 1. The molecule has 0 fully saturated rings. The number of phenols is 1. The number of aromatic nitrogens is 1. The van der Waals surface area contributed by atoms with Gasteiger partial charge in [0.05, 0.1) is 5.56 Å². The molecular weight excluding hydrogens is 314 g/mol. The Labute approximate surface area is 134 Å². The van der Waals surface area contributed by atoms with Crippen molar-refractivity contribution >= 4 is 31.4 Å². The average Bonchev–Trinajstić information content (AvgIpc) is 2.55. The molecule has 0 radical (unpaired) electrons. The van der Waals surface area contributed by atoms with Crippen molar-refractivity contribution in [3.8, 4) is 5.75 Å². The molecule has 4 nitrogen and oxygen atoms in total. The molecule has 0 aliphatic carbocycles. The zero-order valence-corrected chi connectivity index (χ0v) is 13.2. The van der Waals surface area contributed by atoms with Crippen LogP contribution in [0.25, 0.3) is 10.9 Å². The number of rotatable bonds is 3. The number of halogens is 1. The van der Waals surface area contributed by atoms with Crippen LogP contribution in [0.2, 0.25) is 0 Å². The number of pyridine rings is 1. The summed E-state index contributed by atoms with van der Waals surface area (Å²) in [5, 5.41) is 14.3. The highest BCUT2D eigenvalue weighted by atomic mass is 31.0. The maximum atomic E-state index is 13.8. The van der Waals surface area contributed by atoms with E-state index in [1.54, 1.807) is 36.5 Å². The monoisotopic (exact) mass is 328 g/mol. The number of phenolic OH excluding ortho intramolecular Hbond substituents is 1. The fourth-order valence-electron chi connectivity index (χ4n) is 2.34. The zero-order valence-electron chi connectivity index (χ0n) is 12.1. The zero-order chi connectivity index (χ0) is 16.4. The van der Waals surface area contributed by atoms with Crippen molar-refractivity contribution in [3.05, 3.63) is 65.6 Å². The van der Waals surface area contributed by atoms with Gasteiger partial charge >= 0.3 is 0 Å². The second kappa shape index (κ2) is 6.31. The Hall–Kier alpha value is -2.52. The predicted octanol–water partition coefficient (Wildman–Crippen LogP) is 2.51. The first-order chi connectivity index (χ1) is 11.1. The fraction of sp³-hybridized carbons (Fsp3) is 0.0588. The second-order valence-electron chi connectivity index (χ2n) is 5.03. The molecule has 23 heavy (non-hydrogen) atoms. The molecular formula is C17H14FN2O2P. The lowest BCUT2D eigenvalue weighted by atomic mass is 10.1. The highest BCUT2D eigenvalue weighted by molar-refractivity contribution is 7.27. The van der Waals surface area contributed by atoms with Gasteiger partial charge in [-0.2, -0.15) is 0 Å². The van der Waals surface area contributed by atoms with Crippen LogP contribution in [0.15, 0.2) is 48.7 Å². The molecule has 0 aliphatic rings. The number of benzene rings is 2. The Bertz CT molecular complexity index is 879. The molecule has 1 atom stereocenters. The molecule has 6 heteroatoms. The highest BCUT2D eigenvalue weighted by Crippen LogP contribution is 2.26. The molecule has 1 aromatic heterocycles. The van der Waals surface area contributed by atoms with E-state index in [0.29, 0.717) is 16.4 Å². The summed E-state index contributed by atoms with van der Waals surface area (Å²) < 4.78 is 13.8. The van der Waals surface area contributed by atoms with Crippen molar-refractivity contribution in [1.29, 1.82) is 0 Å². The molecule has 1 amide bonds. The van der Waals surface area contributed by atoms with E-state index in [1.165, 1.54) is 12.1 Å². The van der Waals surface area contributed by atoms with Crippen LogP contribution in [0, 0.1) is 5.82 Å². The third kappa shape index (κ3) is 3.01. The molecule has 2 aromatic carbocycles. The minimum absolute atomic E-state index is 0.0318. The Morgan fingerprint density at radius 1 is 1.22 bits per heavy atom. The topological polar surface area (TPSA) is 62.2 Å². The van der Waals surface area contributed by atoms with E-state index in [-0.39, 0.29) is 23.7 Å². The van der Waals surface area contributed by atoms with Crippen molar-refractivity contribution in [2.75, 3.05) is 0 Å². The Kier molecular flexibility index (Phi) is 4.22. The molecule has 3 rings (SSSR count). The van der Waals surface area contributed by atoms with Gasteiger partial charge in [0.15, 0.2) is 5.75 Å². The van der Waals surface area contributed by atoms with Gasteiger partial charge in [0.1, 0.15) is 11.3 Å². The van der Waals surface area contributed by atoms with Crippen LogP contribution in [0.3, 0.4) is 0 Å². The number of fused-ring (bicyclic) bond motifs is 1. The summed E-state index contributed by atoms with van der Waals surface area (Å²) in [6, 6.07) is 11.5. The predicted molar refractivity (Wildman–Crippen MR) is 90.3 cm³/mol. The summed E-state index contributed by atoms with van der Waals surface area (Å²) in [7, 11) is 2.43. The summed E-state index contributed by atoms with van der Waals surface area (Å²) in [6.45, 7) is 0.0318. The maximum Gasteiger partial charge on any atom is 0.255 e. The molecule has 3 aromatic rings. The lowest BCUT2D eigenvalue weighted by Gasteiger charge is -2.10. The van der Waals surface area contributed by atoms with E-state index >= 15 is 0 Å². The van der Waals surface area contributed by atoms with Gasteiger partial charge in [-0.25, -0.2) is 4.39 Å². The van der Waals surface area contributed by atoms with Crippen LogP contribution in [0.5, 0.6) is 5.75 Å².